The fourth-order valence-corrected chi connectivity index (χ4v) is 7.56. The van der Waals surface area contributed by atoms with E-state index < -0.39 is 0 Å². The lowest BCUT2D eigenvalue weighted by molar-refractivity contribution is -0.137. The van der Waals surface area contributed by atoms with Crippen molar-refractivity contribution >= 4 is 5.91 Å². The SMILES string of the molecule is CCN(C)C1(c2ccccc2)CCC2(CC1)CC(CC1CCC1)C(C)C(=O)N(Cc1cccnc1)C2. The highest BCUT2D eigenvalue weighted by Gasteiger charge is 2.50. The molecule has 1 amide bonds. The Morgan fingerprint density at radius 3 is 2.42 bits per heavy atom. The number of hydrogen-bond acceptors (Lipinski definition) is 3. The first-order valence-electron chi connectivity index (χ1n) is 14.4. The van der Waals surface area contributed by atoms with E-state index in [1.54, 1.807) is 0 Å². The summed E-state index contributed by atoms with van der Waals surface area (Å²) in [5.74, 6) is 1.83. The minimum absolute atomic E-state index is 0.0981. The standard InChI is InChI=1S/C32H45N3O/c1-4-34(3)32(29-13-6-5-7-14-29)17-15-31(16-18-32)21-28(20-26-10-8-11-26)25(2)30(36)35(24-31)23-27-12-9-19-33-22-27/h5-7,9,12-14,19,22,25-26,28H,4,8,10-11,15-18,20-21,23-24H2,1-3H3. The molecular formula is C32H45N3O. The molecule has 1 saturated heterocycles. The van der Waals surface area contributed by atoms with Crippen molar-refractivity contribution < 1.29 is 4.79 Å². The molecule has 3 aliphatic rings. The van der Waals surface area contributed by atoms with Crippen LogP contribution in [0.3, 0.4) is 0 Å². The summed E-state index contributed by atoms with van der Waals surface area (Å²) >= 11 is 0. The fraction of sp³-hybridized carbons (Fsp3) is 0.625. The van der Waals surface area contributed by atoms with Gasteiger partial charge in [-0.1, -0.05) is 69.5 Å². The van der Waals surface area contributed by atoms with E-state index in [1.807, 2.05) is 18.5 Å². The quantitative estimate of drug-likeness (QED) is 0.438. The van der Waals surface area contributed by atoms with E-state index in [1.165, 1.54) is 63.4 Å². The zero-order valence-electron chi connectivity index (χ0n) is 22.7. The molecule has 36 heavy (non-hydrogen) atoms. The summed E-state index contributed by atoms with van der Waals surface area (Å²) in [6.07, 6.45) is 15.0. The van der Waals surface area contributed by atoms with Gasteiger partial charge in [-0.15, -0.1) is 0 Å². The van der Waals surface area contributed by atoms with Gasteiger partial charge in [0.15, 0.2) is 0 Å². The fourth-order valence-electron chi connectivity index (χ4n) is 7.56. The third kappa shape index (κ3) is 4.98. The van der Waals surface area contributed by atoms with Crippen molar-refractivity contribution in [3.8, 4) is 0 Å². The summed E-state index contributed by atoms with van der Waals surface area (Å²) in [5, 5.41) is 0. The van der Waals surface area contributed by atoms with Gasteiger partial charge in [0.25, 0.3) is 0 Å². The molecule has 5 rings (SSSR count). The Morgan fingerprint density at radius 1 is 1.06 bits per heavy atom. The minimum atomic E-state index is 0.0981. The Bertz CT molecular complexity index is 995. The van der Waals surface area contributed by atoms with Crippen molar-refractivity contribution in [3.63, 3.8) is 0 Å². The highest BCUT2D eigenvalue weighted by molar-refractivity contribution is 5.79. The van der Waals surface area contributed by atoms with Crippen LogP contribution in [0, 0.1) is 23.2 Å². The first-order valence-corrected chi connectivity index (χ1v) is 14.4. The molecule has 2 aliphatic carbocycles. The van der Waals surface area contributed by atoms with Crippen molar-refractivity contribution in [1.82, 2.24) is 14.8 Å². The Morgan fingerprint density at radius 2 is 1.81 bits per heavy atom. The summed E-state index contributed by atoms with van der Waals surface area (Å²) in [7, 11) is 2.30. The third-order valence-corrected chi connectivity index (χ3v) is 10.2. The zero-order valence-corrected chi connectivity index (χ0v) is 22.7. The van der Waals surface area contributed by atoms with Crippen molar-refractivity contribution in [1.29, 1.82) is 0 Å². The van der Waals surface area contributed by atoms with Crippen LogP contribution in [0.1, 0.15) is 82.8 Å². The average molecular weight is 488 g/mol. The smallest absolute Gasteiger partial charge is 0.226 e. The number of hydrogen-bond donors (Lipinski definition) is 0. The van der Waals surface area contributed by atoms with E-state index in [0.717, 1.165) is 24.6 Å². The van der Waals surface area contributed by atoms with Gasteiger partial charge >= 0.3 is 0 Å². The molecule has 1 spiro atoms. The molecule has 0 radical (unpaired) electrons. The average Bonchev–Trinajstić information content (AvgIpc) is 2.98. The maximum Gasteiger partial charge on any atom is 0.226 e. The van der Waals surface area contributed by atoms with Gasteiger partial charge in [-0.05, 0) is 86.6 Å². The number of benzene rings is 1. The van der Waals surface area contributed by atoms with E-state index in [9.17, 15) is 4.79 Å². The predicted molar refractivity (Wildman–Crippen MR) is 146 cm³/mol. The van der Waals surface area contributed by atoms with E-state index in [-0.39, 0.29) is 16.9 Å². The predicted octanol–water partition coefficient (Wildman–Crippen LogP) is 6.66. The molecule has 2 unspecified atom stereocenters. The van der Waals surface area contributed by atoms with Crippen LogP contribution in [-0.4, -0.2) is 40.8 Å². The molecule has 194 valence electrons. The summed E-state index contributed by atoms with van der Waals surface area (Å²) in [6, 6.07) is 15.3. The normalized spacial score (nSPS) is 31.4. The minimum Gasteiger partial charge on any atom is -0.338 e. The van der Waals surface area contributed by atoms with Crippen LogP contribution in [0.5, 0.6) is 0 Å². The Kier molecular flexibility index (Phi) is 7.53. The maximum absolute atomic E-state index is 13.9. The Balaban J connectivity index is 1.43. The lowest BCUT2D eigenvalue weighted by Crippen LogP contribution is -2.50. The van der Waals surface area contributed by atoms with Gasteiger partial charge < -0.3 is 4.90 Å². The number of likely N-dealkylation sites (tertiary alicyclic amines) is 1. The van der Waals surface area contributed by atoms with E-state index in [2.05, 4.69) is 72.1 Å². The Labute approximate surface area is 218 Å². The molecule has 2 heterocycles. The second kappa shape index (κ2) is 10.7. The van der Waals surface area contributed by atoms with Crippen LogP contribution < -0.4 is 0 Å². The molecule has 2 atom stereocenters. The summed E-state index contributed by atoms with van der Waals surface area (Å²) in [5.41, 5.74) is 2.91. The summed E-state index contributed by atoms with van der Waals surface area (Å²) in [4.78, 5) is 23.0. The van der Waals surface area contributed by atoms with Crippen molar-refractivity contribution in [3.05, 3.63) is 66.0 Å². The van der Waals surface area contributed by atoms with Gasteiger partial charge in [0.05, 0.1) is 0 Å². The number of amides is 1. The van der Waals surface area contributed by atoms with E-state index >= 15 is 0 Å². The van der Waals surface area contributed by atoms with Gasteiger partial charge in [0, 0.05) is 36.9 Å². The number of rotatable bonds is 7. The second-order valence-electron chi connectivity index (χ2n) is 12.3. The van der Waals surface area contributed by atoms with Crippen LogP contribution in [0.25, 0.3) is 0 Å². The zero-order chi connectivity index (χ0) is 25.2. The number of carbonyl (C=O) groups is 1. The number of pyridine rings is 1. The summed E-state index contributed by atoms with van der Waals surface area (Å²) < 4.78 is 0. The monoisotopic (exact) mass is 487 g/mol. The molecule has 2 saturated carbocycles. The molecular weight excluding hydrogens is 442 g/mol. The molecule has 1 aromatic heterocycles. The maximum atomic E-state index is 13.9. The van der Waals surface area contributed by atoms with Gasteiger partial charge in [0.2, 0.25) is 5.91 Å². The molecule has 4 nitrogen and oxygen atoms in total. The molecule has 4 heteroatoms. The van der Waals surface area contributed by atoms with E-state index in [4.69, 9.17) is 0 Å². The number of carbonyl (C=O) groups excluding carboxylic acids is 1. The van der Waals surface area contributed by atoms with Crippen LogP contribution in [-0.2, 0) is 16.9 Å². The molecule has 0 bridgehead atoms. The largest absolute Gasteiger partial charge is 0.338 e. The molecule has 3 fully saturated rings. The highest BCUT2D eigenvalue weighted by atomic mass is 16.2. The second-order valence-corrected chi connectivity index (χ2v) is 12.3. The van der Waals surface area contributed by atoms with Crippen LogP contribution in [0.15, 0.2) is 54.9 Å². The number of nitrogens with zero attached hydrogens (tertiary/aromatic N) is 3. The third-order valence-electron chi connectivity index (χ3n) is 10.2. The van der Waals surface area contributed by atoms with Crippen molar-refractivity contribution in [2.45, 2.75) is 83.7 Å². The Hall–Kier alpha value is -2.20. The van der Waals surface area contributed by atoms with Crippen molar-refractivity contribution in [2.24, 2.45) is 23.2 Å². The van der Waals surface area contributed by atoms with Crippen LogP contribution >= 0.6 is 0 Å². The molecule has 1 aromatic carbocycles. The van der Waals surface area contributed by atoms with Crippen LogP contribution in [0.2, 0.25) is 0 Å². The number of aromatic nitrogens is 1. The van der Waals surface area contributed by atoms with Gasteiger partial charge in [-0.25, -0.2) is 0 Å². The first-order chi connectivity index (χ1) is 17.4. The summed E-state index contributed by atoms with van der Waals surface area (Å²) in [6.45, 7) is 7.14. The lowest BCUT2D eigenvalue weighted by atomic mass is 9.60. The highest BCUT2D eigenvalue weighted by Crippen LogP contribution is 2.54. The topological polar surface area (TPSA) is 36.4 Å². The lowest BCUT2D eigenvalue weighted by Gasteiger charge is -2.52. The molecule has 1 aliphatic heterocycles. The van der Waals surface area contributed by atoms with Gasteiger partial charge in [0.1, 0.15) is 0 Å². The molecule has 0 N–H and O–H groups in total. The molecule has 2 aromatic rings. The van der Waals surface area contributed by atoms with Crippen molar-refractivity contribution in [2.75, 3.05) is 20.1 Å². The first kappa shape index (κ1) is 25.4. The van der Waals surface area contributed by atoms with E-state index in [0.29, 0.717) is 18.4 Å². The van der Waals surface area contributed by atoms with Gasteiger partial charge in [-0.2, -0.15) is 0 Å². The van der Waals surface area contributed by atoms with Gasteiger partial charge in [-0.3, -0.25) is 14.7 Å². The van der Waals surface area contributed by atoms with Crippen LogP contribution in [0.4, 0.5) is 0 Å².